The molecule has 2 rings (SSSR count). The van der Waals surface area contributed by atoms with Crippen molar-refractivity contribution in [1.82, 2.24) is 9.97 Å². The molecule has 0 spiro atoms. The molecule has 6 nitrogen and oxygen atoms in total. The van der Waals surface area contributed by atoms with Gasteiger partial charge in [0.15, 0.2) is 23.6 Å². The van der Waals surface area contributed by atoms with E-state index in [4.69, 9.17) is 4.74 Å². The molecule has 1 heterocycles. The van der Waals surface area contributed by atoms with E-state index in [9.17, 15) is 14.9 Å². The zero-order chi connectivity index (χ0) is 18.6. The van der Waals surface area contributed by atoms with Gasteiger partial charge in [0.2, 0.25) is 0 Å². The highest BCUT2D eigenvalue weighted by Gasteiger charge is 2.28. The lowest BCUT2D eigenvalue weighted by molar-refractivity contribution is -0.125. The SMILES string of the molecule is CC(=O)c1cccc(OC(C)C(=O)C(C#N)c2cc(C)nc(C)n2)c1. The van der Waals surface area contributed by atoms with E-state index in [1.54, 1.807) is 51.1 Å². The van der Waals surface area contributed by atoms with Crippen molar-refractivity contribution in [3.05, 3.63) is 53.1 Å². The highest BCUT2D eigenvalue weighted by atomic mass is 16.5. The minimum Gasteiger partial charge on any atom is -0.483 e. The van der Waals surface area contributed by atoms with Gasteiger partial charge in [-0.15, -0.1) is 0 Å². The molecule has 2 unspecified atom stereocenters. The number of rotatable bonds is 6. The number of ketones is 2. The number of aromatic nitrogens is 2. The summed E-state index contributed by atoms with van der Waals surface area (Å²) in [5, 5.41) is 9.43. The molecule has 0 N–H and O–H groups in total. The molecule has 0 saturated carbocycles. The number of benzene rings is 1. The largest absolute Gasteiger partial charge is 0.483 e. The predicted octanol–water partition coefficient (Wildman–Crippen LogP) is 2.94. The molecule has 0 saturated heterocycles. The van der Waals surface area contributed by atoms with E-state index in [1.807, 2.05) is 6.07 Å². The van der Waals surface area contributed by atoms with Crippen LogP contribution in [0.25, 0.3) is 0 Å². The summed E-state index contributed by atoms with van der Waals surface area (Å²) in [7, 11) is 0. The van der Waals surface area contributed by atoms with Gasteiger partial charge in [0.25, 0.3) is 0 Å². The molecule has 0 fully saturated rings. The molecule has 0 amide bonds. The Morgan fingerprint density at radius 2 is 1.92 bits per heavy atom. The molecule has 2 aromatic rings. The van der Waals surface area contributed by atoms with Gasteiger partial charge >= 0.3 is 0 Å². The smallest absolute Gasteiger partial charge is 0.196 e. The molecule has 0 aliphatic rings. The van der Waals surface area contributed by atoms with Crippen LogP contribution in [0, 0.1) is 25.2 Å². The Hall–Kier alpha value is -3.07. The van der Waals surface area contributed by atoms with E-state index >= 15 is 0 Å². The third-order valence-corrected chi connectivity index (χ3v) is 3.65. The summed E-state index contributed by atoms with van der Waals surface area (Å²) in [5.41, 5.74) is 1.56. The Labute approximate surface area is 146 Å². The topological polar surface area (TPSA) is 92.9 Å². The van der Waals surface area contributed by atoms with Gasteiger partial charge in [0.1, 0.15) is 11.6 Å². The number of carbonyl (C=O) groups excluding carboxylic acids is 2. The number of aryl methyl sites for hydroxylation is 2. The average Bonchev–Trinajstić information content (AvgIpc) is 2.54. The van der Waals surface area contributed by atoms with E-state index < -0.39 is 17.8 Å². The van der Waals surface area contributed by atoms with Crippen LogP contribution in [-0.4, -0.2) is 27.6 Å². The van der Waals surface area contributed by atoms with E-state index in [2.05, 4.69) is 9.97 Å². The normalized spacial score (nSPS) is 12.8. The average molecular weight is 337 g/mol. The van der Waals surface area contributed by atoms with Gasteiger partial charge < -0.3 is 4.74 Å². The highest BCUT2D eigenvalue weighted by Crippen LogP contribution is 2.21. The third-order valence-electron chi connectivity index (χ3n) is 3.65. The molecule has 25 heavy (non-hydrogen) atoms. The quantitative estimate of drug-likeness (QED) is 0.752. The predicted molar refractivity (Wildman–Crippen MR) is 91.4 cm³/mol. The van der Waals surface area contributed by atoms with Crippen LogP contribution in [0.3, 0.4) is 0 Å². The molecule has 0 radical (unpaired) electrons. The number of Topliss-reactive ketones (excluding diaryl/α,β-unsaturated/α-hetero) is 2. The van der Waals surface area contributed by atoms with E-state index in [0.29, 0.717) is 28.5 Å². The van der Waals surface area contributed by atoms with Crippen molar-refractivity contribution >= 4 is 11.6 Å². The number of ether oxygens (including phenoxy) is 1. The fourth-order valence-electron chi connectivity index (χ4n) is 2.45. The highest BCUT2D eigenvalue weighted by molar-refractivity contribution is 5.94. The van der Waals surface area contributed by atoms with Gasteiger partial charge in [0.05, 0.1) is 11.8 Å². The van der Waals surface area contributed by atoms with E-state index in [0.717, 1.165) is 0 Å². The third kappa shape index (κ3) is 4.48. The molecule has 0 aliphatic carbocycles. The molecular weight excluding hydrogens is 318 g/mol. The second-order valence-electron chi connectivity index (χ2n) is 5.79. The van der Waals surface area contributed by atoms with Crippen LogP contribution in [0.1, 0.15) is 47.3 Å². The first-order valence-electron chi connectivity index (χ1n) is 7.85. The van der Waals surface area contributed by atoms with Crippen molar-refractivity contribution in [2.24, 2.45) is 0 Å². The maximum Gasteiger partial charge on any atom is 0.196 e. The molecule has 128 valence electrons. The molecule has 1 aromatic carbocycles. The van der Waals surface area contributed by atoms with Crippen molar-refractivity contribution in [2.75, 3.05) is 0 Å². The summed E-state index contributed by atoms with van der Waals surface area (Å²) in [6, 6.07) is 10.2. The zero-order valence-corrected chi connectivity index (χ0v) is 14.6. The first-order valence-corrected chi connectivity index (χ1v) is 7.85. The standard InChI is InChI=1S/C19H19N3O3/c1-11-8-18(22-14(4)21-11)17(10-20)19(24)13(3)25-16-7-5-6-15(9-16)12(2)23/h5-9,13,17H,1-4H3. The number of carbonyl (C=O) groups is 2. The Balaban J connectivity index is 2.21. The zero-order valence-electron chi connectivity index (χ0n) is 14.6. The maximum absolute atomic E-state index is 12.6. The van der Waals surface area contributed by atoms with Crippen molar-refractivity contribution in [3.63, 3.8) is 0 Å². The van der Waals surface area contributed by atoms with Crippen LogP contribution in [0.5, 0.6) is 5.75 Å². The van der Waals surface area contributed by atoms with Gasteiger partial charge in [-0.05, 0) is 45.9 Å². The molecule has 2 atom stereocenters. The van der Waals surface area contributed by atoms with Crippen LogP contribution in [0.2, 0.25) is 0 Å². The Morgan fingerprint density at radius 3 is 2.52 bits per heavy atom. The monoisotopic (exact) mass is 337 g/mol. The second kappa shape index (κ2) is 7.67. The minimum atomic E-state index is -1.04. The van der Waals surface area contributed by atoms with E-state index in [-0.39, 0.29) is 5.78 Å². The van der Waals surface area contributed by atoms with Crippen LogP contribution in [0.15, 0.2) is 30.3 Å². The lowest BCUT2D eigenvalue weighted by atomic mass is 9.97. The molecular formula is C19H19N3O3. The van der Waals surface area contributed by atoms with Gasteiger partial charge in [-0.3, -0.25) is 9.59 Å². The summed E-state index contributed by atoms with van der Waals surface area (Å²) in [6.45, 7) is 6.53. The fraction of sp³-hybridized carbons (Fsp3) is 0.316. The van der Waals surface area contributed by atoms with Gasteiger partial charge in [-0.25, -0.2) is 9.97 Å². The number of nitrogens with zero attached hydrogens (tertiary/aromatic N) is 3. The summed E-state index contributed by atoms with van der Waals surface area (Å²) in [4.78, 5) is 32.4. The number of nitriles is 1. The number of hydrogen-bond acceptors (Lipinski definition) is 6. The van der Waals surface area contributed by atoms with E-state index in [1.165, 1.54) is 6.92 Å². The Bertz CT molecular complexity index is 835. The van der Waals surface area contributed by atoms with Crippen molar-refractivity contribution in [1.29, 1.82) is 5.26 Å². The molecule has 0 bridgehead atoms. The molecule has 0 aliphatic heterocycles. The fourth-order valence-corrected chi connectivity index (χ4v) is 2.45. The van der Waals surface area contributed by atoms with Crippen LogP contribution in [-0.2, 0) is 4.79 Å². The minimum absolute atomic E-state index is 0.0914. The first-order chi connectivity index (χ1) is 11.8. The van der Waals surface area contributed by atoms with Gasteiger partial charge in [-0.2, -0.15) is 5.26 Å². The van der Waals surface area contributed by atoms with Crippen LogP contribution in [0.4, 0.5) is 0 Å². The Kier molecular flexibility index (Phi) is 5.60. The summed E-state index contributed by atoms with van der Waals surface area (Å²) in [5.74, 6) is -0.614. The summed E-state index contributed by atoms with van der Waals surface area (Å²) >= 11 is 0. The second-order valence-corrected chi connectivity index (χ2v) is 5.79. The summed E-state index contributed by atoms with van der Waals surface area (Å²) in [6.07, 6.45) is -0.859. The first kappa shape index (κ1) is 18.3. The number of hydrogen-bond donors (Lipinski definition) is 0. The van der Waals surface area contributed by atoms with Crippen molar-refractivity contribution in [2.45, 2.75) is 39.7 Å². The van der Waals surface area contributed by atoms with Crippen molar-refractivity contribution < 1.29 is 14.3 Å². The molecule has 6 heteroatoms. The van der Waals surface area contributed by atoms with Crippen LogP contribution < -0.4 is 4.74 Å². The molecule has 1 aromatic heterocycles. The van der Waals surface area contributed by atoms with Gasteiger partial charge in [0, 0.05) is 11.3 Å². The maximum atomic E-state index is 12.6. The summed E-state index contributed by atoms with van der Waals surface area (Å²) < 4.78 is 5.64. The van der Waals surface area contributed by atoms with Crippen molar-refractivity contribution in [3.8, 4) is 11.8 Å². The lowest BCUT2D eigenvalue weighted by Crippen LogP contribution is -2.29. The Morgan fingerprint density at radius 1 is 1.20 bits per heavy atom. The van der Waals surface area contributed by atoms with Crippen LogP contribution >= 0.6 is 0 Å². The lowest BCUT2D eigenvalue weighted by Gasteiger charge is -2.17. The van der Waals surface area contributed by atoms with Gasteiger partial charge in [-0.1, -0.05) is 12.1 Å².